The van der Waals surface area contributed by atoms with Crippen molar-refractivity contribution < 1.29 is 4.74 Å². The number of nitrogens with one attached hydrogen (secondary N) is 1. The third-order valence-electron chi connectivity index (χ3n) is 4.87. The first-order valence-electron chi connectivity index (χ1n) is 8.11. The summed E-state index contributed by atoms with van der Waals surface area (Å²) in [5.41, 5.74) is 0.220. The highest BCUT2D eigenvalue weighted by atomic mass is 32.2. The van der Waals surface area contributed by atoms with Crippen molar-refractivity contribution in [2.45, 2.75) is 77.0 Å². The van der Waals surface area contributed by atoms with Gasteiger partial charge in [0.1, 0.15) is 0 Å². The van der Waals surface area contributed by atoms with E-state index in [1.54, 1.807) is 0 Å². The number of thioether (sulfide) groups is 1. The van der Waals surface area contributed by atoms with Gasteiger partial charge in [-0.05, 0) is 56.5 Å². The summed E-state index contributed by atoms with van der Waals surface area (Å²) in [5, 5.41) is 3.87. The lowest BCUT2D eigenvalue weighted by molar-refractivity contribution is -0.0941. The van der Waals surface area contributed by atoms with Crippen molar-refractivity contribution in [2.24, 2.45) is 5.92 Å². The molecule has 0 aromatic carbocycles. The van der Waals surface area contributed by atoms with Gasteiger partial charge in [0.2, 0.25) is 0 Å². The van der Waals surface area contributed by atoms with Crippen LogP contribution in [0.2, 0.25) is 0 Å². The Morgan fingerprint density at radius 1 is 1.32 bits per heavy atom. The summed E-state index contributed by atoms with van der Waals surface area (Å²) in [6, 6.07) is 1.32. The molecule has 1 spiro atoms. The average molecular weight is 285 g/mol. The van der Waals surface area contributed by atoms with E-state index in [1.165, 1.54) is 50.0 Å². The summed E-state index contributed by atoms with van der Waals surface area (Å²) < 4.78 is 6.17. The molecule has 3 atom stereocenters. The molecule has 19 heavy (non-hydrogen) atoms. The zero-order chi connectivity index (χ0) is 13.7. The molecule has 0 bridgehead atoms. The number of hydrogen-bond donors (Lipinski definition) is 1. The number of hydrogen-bond acceptors (Lipinski definition) is 3. The minimum Gasteiger partial charge on any atom is -0.375 e. The topological polar surface area (TPSA) is 21.3 Å². The van der Waals surface area contributed by atoms with Gasteiger partial charge < -0.3 is 10.1 Å². The molecule has 2 fully saturated rings. The fraction of sp³-hybridized carbons (Fsp3) is 1.00. The third kappa shape index (κ3) is 4.64. The smallest absolute Gasteiger partial charge is 0.0713 e. The summed E-state index contributed by atoms with van der Waals surface area (Å²) in [5.74, 6) is 3.41. The Morgan fingerprint density at radius 2 is 2.05 bits per heavy atom. The van der Waals surface area contributed by atoms with E-state index in [9.17, 15) is 0 Å². The zero-order valence-electron chi connectivity index (χ0n) is 12.9. The monoisotopic (exact) mass is 285 g/mol. The molecule has 0 aliphatic carbocycles. The lowest BCUT2D eigenvalue weighted by Gasteiger charge is -2.44. The van der Waals surface area contributed by atoms with Crippen LogP contribution in [-0.2, 0) is 4.74 Å². The Kier molecular flexibility index (Phi) is 6.04. The Hall–Kier alpha value is 0.270. The van der Waals surface area contributed by atoms with E-state index in [1.807, 2.05) is 0 Å². The molecule has 0 aromatic rings. The van der Waals surface area contributed by atoms with Gasteiger partial charge in [-0.1, -0.05) is 20.3 Å². The standard InChI is InChI=1S/C16H31NOS/c1-4-13(2)11-14(3)17-15-5-8-18-16(12-15)6-9-19-10-7-16/h13-15,17H,4-12H2,1-3H3. The molecule has 2 rings (SSSR count). The first-order chi connectivity index (χ1) is 9.13. The molecule has 2 nitrogen and oxygen atoms in total. The molecule has 2 saturated heterocycles. The maximum Gasteiger partial charge on any atom is 0.0713 e. The minimum atomic E-state index is 0.220. The highest BCUT2D eigenvalue weighted by molar-refractivity contribution is 7.99. The van der Waals surface area contributed by atoms with Crippen LogP contribution in [-0.4, -0.2) is 35.8 Å². The Bertz CT molecular complexity index is 260. The molecule has 2 heterocycles. The van der Waals surface area contributed by atoms with E-state index in [2.05, 4.69) is 37.8 Å². The highest BCUT2D eigenvalue weighted by Crippen LogP contribution is 2.37. The predicted octanol–water partition coefficient (Wildman–Crippen LogP) is 3.85. The van der Waals surface area contributed by atoms with Crippen LogP contribution in [0.1, 0.15) is 59.3 Å². The molecule has 0 amide bonds. The van der Waals surface area contributed by atoms with Gasteiger partial charge in [-0.25, -0.2) is 0 Å². The van der Waals surface area contributed by atoms with Gasteiger partial charge in [-0.2, -0.15) is 11.8 Å². The lowest BCUT2D eigenvalue weighted by Crippen LogP contribution is -2.50. The Balaban J connectivity index is 1.80. The van der Waals surface area contributed by atoms with Crippen LogP contribution in [0.3, 0.4) is 0 Å². The summed E-state index contributed by atoms with van der Waals surface area (Å²) in [4.78, 5) is 0. The fourth-order valence-electron chi connectivity index (χ4n) is 3.50. The van der Waals surface area contributed by atoms with Crippen molar-refractivity contribution in [1.29, 1.82) is 0 Å². The van der Waals surface area contributed by atoms with Crippen molar-refractivity contribution in [2.75, 3.05) is 18.1 Å². The number of ether oxygens (including phenoxy) is 1. The molecule has 0 radical (unpaired) electrons. The van der Waals surface area contributed by atoms with Crippen LogP contribution in [0.15, 0.2) is 0 Å². The summed E-state index contributed by atoms with van der Waals surface area (Å²) in [7, 11) is 0. The first-order valence-corrected chi connectivity index (χ1v) is 9.27. The van der Waals surface area contributed by atoms with Crippen LogP contribution >= 0.6 is 11.8 Å². The van der Waals surface area contributed by atoms with Crippen molar-refractivity contribution in [3.63, 3.8) is 0 Å². The van der Waals surface area contributed by atoms with Gasteiger partial charge in [0, 0.05) is 18.7 Å². The summed E-state index contributed by atoms with van der Waals surface area (Å²) in [6.07, 6.45) is 7.54. The Labute approximate surface area is 123 Å². The van der Waals surface area contributed by atoms with Crippen molar-refractivity contribution in [1.82, 2.24) is 5.32 Å². The molecule has 2 aliphatic heterocycles. The SMILES string of the molecule is CCC(C)CC(C)NC1CCOC2(CCSCC2)C1. The molecule has 3 unspecified atom stereocenters. The Morgan fingerprint density at radius 3 is 2.74 bits per heavy atom. The van der Waals surface area contributed by atoms with E-state index in [0.717, 1.165) is 12.5 Å². The quantitative estimate of drug-likeness (QED) is 0.829. The second-order valence-electron chi connectivity index (χ2n) is 6.65. The summed E-state index contributed by atoms with van der Waals surface area (Å²) in [6.45, 7) is 7.96. The number of rotatable bonds is 5. The van der Waals surface area contributed by atoms with E-state index >= 15 is 0 Å². The molecular weight excluding hydrogens is 254 g/mol. The largest absolute Gasteiger partial charge is 0.375 e. The van der Waals surface area contributed by atoms with E-state index < -0.39 is 0 Å². The van der Waals surface area contributed by atoms with Gasteiger partial charge in [-0.15, -0.1) is 0 Å². The predicted molar refractivity (Wildman–Crippen MR) is 84.9 cm³/mol. The van der Waals surface area contributed by atoms with E-state index in [0.29, 0.717) is 12.1 Å². The van der Waals surface area contributed by atoms with Gasteiger partial charge in [0.15, 0.2) is 0 Å². The zero-order valence-corrected chi connectivity index (χ0v) is 13.7. The van der Waals surface area contributed by atoms with Crippen LogP contribution < -0.4 is 5.32 Å². The molecule has 3 heteroatoms. The van der Waals surface area contributed by atoms with Crippen LogP contribution in [0.25, 0.3) is 0 Å². The minimum absolute atomic E-state index is 0.220. The van der Waals surface area contributed by atoms with Crippen LogP contribution in [0.4, 0.5) is 0 Å². The first kappa shape index (κ1) is 15.7. The van der Waals surface area contributed by atoms with E-state index in [4.69, 9.17) is 4.74 Å². The van der Waals surface area contributed by atoms with Crippen LogP contribution in [0.5, 0.6) is 0 Å². The maximum absolute atomic E-state index is 6.17. The van der Waals surface area contributed by atoms with Gasteiger partial charge >= 0.3 is 0 Å². The van der Waals surface area contributed by atoms with E-state index in [-0.39, 0.29) is 5.60 Å². The van der Waals surface area contributed by atoms with Crippen molar-refractivity contribution in [3.05, 3.63) is 0 Å². The maximum atomic E-state index is 6.17. The van der Waals surface area contributed by atoms with Crippen LogP contribution in [0, 0.1) is 5.92 Å². The molecule has 0 saturated carbocycles. The average Bonchev–Trinajstić information content (AvgIpc) is 2.39. The third-order valence-corrected chi connectivity index (χ3v) is 5.86. The molecule has 1 N–H and O–H groups in total. The second-order valence-corrected chi connectivity index (χ2v) is 7.88. The van der Waals surface area contributed by atoms with Crippen molar-refractivity contribution >= 4 is 11.8 Å². The molecule has 2 aliphatic rings. The highest BCUT2D eigenvalue weighted by Gasteiger charge is 2.38. The van der Waals surface area contributed by atoms with Gasteiger partial charge in [-0.3, -0.25) is 0 Å². The summed E-state index contributed by atoms with van der Waals surface area (Å²) >= 11 is 2.09. The molecular formula is C16H31NOS. The second kappa shape index (κ2) is 7.33. The van der Waals surface area contributed by atoms with Gasteiger partial charge in [0.05, 0.1) is 5.60 Å². The van der Waals surface area contributed by atoms with Gasteiger partial charge in [0.25, 0.3) is 0 Å². The normalized spacial score (nSPS) is 30.2. The molecule has 0 aromatic heterocycles. The van der Waals surface area contributed by atoms with Crippen molar-refractivity contribution in [3.8, 4) is 0 Å². The molecule has 112 valence electrons. The lowest BCUT2D eigenvalue weighted by atomic mass is 9.85. The fourth-order valence-corrected chi connectivity index (χ4v) is 4.74.